The molecule has 0 saturated carbocycles. The number of nitrogens with one attached hydrogen (secondary N) is 1. The van der Waals surface area contributed by atoms with E-state index in [0.29, 0.717) is 22.7 Å². The van der Waals surface area contributed by atoms with Crippen LogP contribution in [0.4, 0.5) is 10.1 Å². The quantitative estimate of drug-likeness (QED) is 0.720. The van der Waals surface area contributed by atoms with E-state index in [1.165, 1.54) is 17.7 Å². The van der Waals surface area contributed by atoms with Crippen LogP contribution in [0.1, 0.15) is 43.7 Å². The van der Waals surface area contributed by atoms with Gasteiger partial charge in [0.25, 0.3) is 10.0 Å². The van der Waals surface area contributed by atoms with Crippen LogP contribution in [-0.4, -0.2) is 33.0 Å². The van der Waals surface area contributed by atoms with Gasteiger partial charge in [0.15, 0.2) is 0 Å². The van der Waals surface area contributed by atoms with E-state index in [2.05, 4.69) is 23.1 Å². The van der Waals surface area contributed by atoms with Crippen LogP contribution in [0.2, 0.25) is 0 Å². The van der Waals surface area contributed by atoms with Crippen LogP contribution >= 0.6 is 0 Å². The molecule has 0 spiro atoms. The average molecular weight is 403 g/mol. The van der Waals surface area contributed by atoms with E-state index in [0.717, 1.165) is 38.5 Å². The highest BCUT2D eigenvalue weighted by Crippen LogP contribution is 2.29. The molecule has 1 aliphatic heterocycles. The molecule has 1 atom stereocenters. The fourth-order valence-electron chi connectivity index (χ4n) is 3.67. The summed E-state index contributed by atoms with van der Waals surface area (Å²) in [4.78, 5) is 2.36. The predicted octanol–water partition coefficient (Wildman–Crippen LogP) is 4.86. The van der Waals surface area contributed by atoms with E-state index in [1.807, 2.05) is 12.1 Å². The molecule has 3 rings (SSSR count). The van der Waals surface area contributed by atoms with Gasteiger partial charge in [0.05, 0.1) is 4.90 Å². The van der Waals surface area contributed by atoms with Crippen LogP contribution in [0.5, 0.6) is 0 Å². The topological polar surface area (TPSA) is 49.4 Å². The Kier molecular flexibility index (Phi) is 6.20. The predicted molar refractivity (Wildman–Crippen MR) is 112 cm³/mol. The van der Waals surface area contributed by atoms with Gasteiger partial charge in [-0.2, -0.15) is 0 Å². The van der Waals surface area contributed by atoms with Crippen molar-refractivity contribution < 1.29 is 12.8 Å². The lowest BCUT2D eigenvalue weighted by molar-refractivity contribution is 0.335. The first-order chi connectivity index (χ1) is 13.3. The molecule has 0 radical (unpaired) electrons. The molecule has 150 valence electrons. The minimum absolute atomic E-state index is 0.106. The third-order valence-corrected chi connectivity index (χ3v) is 6.54. The van der Waals surface area contributed by atoms with Gasteiger partial charge in [-0.1, -0.05) is 31.7 Å². The summed E-state index contributed by atoms with van der Waals surface area (Å²) in [5.74, 6) is -0.107. The maximum absolute atomic E-state index is 14.1. The van der Waals surface area contributed by atoms with Crippen LogP contribution in [0.15, 0.2) is 53.9 Å². The second-order valence-electron chi connectivity index (χ2n) is 7.44. The summed E-state index contributed by atoms with van der Waals surface area (Å²) >= 11 is 0. The first-order valence-electron chi connectivity index (χ1n) is 9.60. The van der Waals surface area contributed by atoms with E-state index in [-0.39, 0.29) is 4.90 Å². The number of likely N-dealkylation sites (tertiary alicyclic amines) is 1. The highest BCUT2D eigenvalue weighted by molar-refractivity contribution is 7.92. The molecule has 2 aromatic rings. The molecular weight excluding hydrogens is 375 g/mol. The minimum atomic E-state index is -3.85. The smallest absolute Gasteiger partial charge is 0.261 e. The SMILES string of the molecule is C=C(C)c1ccc(S(=O)(=O)Nc2ccc(C3CCN(CCC)C3)cc2)cc1F. The number of benzene rings is 2. The molecule has 1 N–H and O–H groups in total. The lowest BCUT2D eigenvalue weighted by Crippen LogP contribution is -2.20. The van der Waals surface area contributed by atoms with Crippen molar-refractivity contribution in [3.8, 4) is 0 Å². The van der Waals surface area contributed by atoms with Gasteiger partial charge in [0.1, 0.15) is 5.82 Å². The van der Waals surface area contributed by atoms with Crippen molar-refractivity contribution in [3.63, 3.8) is 0 Å². The molecule has 1 fully saturated rings. The molecule has 2 aromatic carbocycles. The number of nitrogens with zero attached hydrogens (tertiary/aromatic N) is 1. The Morgan fingerprint density at radius 2 is 1.96 bits per heavy atom. The Morgan fingerprint density at radius 3 is 2.57 bits per heavy atom. The summed E-state index contributed by atoms with van der Waals surface area (Å²) in [5.41, 5.74) is 2.56. The Hall–Kier alpha value is -2.18. The molecule has 1 aliphatic rings. The zero-order valence-corrected chi connectivity index (χ0v) is 17.2. The maximum atomic E-state index is 14.1. The number of sulfonamides is 1. The van der Waals surface area contributed by atoms with Crippen LogP contribution in [0.25, 0.3) is 5.57 Å². The van der Waals surface area contributed by atoms with E-state index in [4.69, 9.17) is 0 Å². The summed E-state index contributed by atoms with van der Waals surface area (Å²) in [6.45, 7) is 10.8. The molecule has 0 aromatic heterocycles. The standard InChI is InChI=1S/C22H27FN2O2S/c1-4-12-25-13-11-18(15-25)17-5-7-19(8-6-17)24-28(26,27)20-9-10-21(16(2)3)22(23)14-20/h5-10,14,18,24H,2,4,11-13,15H2,1,3H3. The lowest BCUT2D eigenvalue weighted by atomic mass is 9.98. The van der Waals surface area contributed by atoms with Gasteiger partial charge < -0.3 is 4.90 Å². The summed E-state index contributed by atoms with van der Waals surface area (Å²) in [7, 11) is -3.85. The van der Waals surface area contributed by atoms with Gasteiger partial charge in [-0.3, -0.25) is 4.72 Å². The van der Waals surface area contributed by atoms with E-state index in [1.54, 1.807) is 19.1 Å². The van der Waals surface area contributed by atoms with Crippen LogP contribution in [-0.2, 0) is 10.0 Å². The fraction of sp³-hybridized carbons (Fsp3) is 0.364. The highest BCUT2D eigenvalue weighted by Gasteiger charge is 2.23. The Labute approximate surface area is 167 Å². The van der Waals surface area contributed by atoms with Gasteiger partial charge in [0, 0.05) is 17.8 Å². The van der Waals surface area contributed by atoms with Gasteiger partial charge in [0.2, 0.25) is 0 Å². The van der Waals surface area contributed by atoms with Gasteiger partial charge in [-0.05, 0) is 74.2 Å². The van der Waals surface area contributed by atoms with Crippen LogP contribution in [0, 0.1) is 5.82 Å². The number of rotatable bonds is 7. The van der Waals surface area contributed by atoms with E-state index >= 15 is 0 Å². The van der Waals surface area contributed by atoms with Crippen molar-refractivity contribution in [1.29, 1.82) is 0 Å². The summed E-state index contributed by atoms with van der Waals surface area (Å²) in [6, 6.07) is 11.4. The van der Waals surface area contributed by atoms with E-state index in [9.17, 15) is 12.8 Å². The molecule has 1 unspecified atom stereocenters. The van der Waals surface area contributed by atoms with Crippen molar-refractivity contribution in [3.05, 3.63) is 66.0 Å². The van der Waals surface area contributed by atoms with Gasteiger partial charge in [-0.25, -0.2) is 12.8 Å². The fourth-order valence-corrected chi connectivity index (χ4v) is 4.74. The van der Waals surface area contributed by atoms with Crippen LogP contribution in [0.3, 0.4) is 0 Å². The molecule has 0 bridgehead atoms. The Morgan fingerprint density at radius 1 is 1.25 bits per heavy atom. The lowest BCUT2D eigenvalue weighted by Gasteiger charge is -2.15. The first kappa shape index (κ1) is 20.6. The van der Waals surface area contributed by atoms with Crippen molar-refractivity contribution in [2.24, 2.45) is 0 Å². The second-order valence-corrected chi connectivity index (χ2v) is 9.12. The first-order valence-corrected chi connectivity index (χ1v) is 11.1. The Balaban J connectivity index is 1.71. The average Bonchev–Trinajstić information content (AvgIpc) is 3.10. The second kappa shape index (κ2) is 8.45. The van der Waals surface area contributed by atoms with Crippen molar-refractivity contribution >= 4 is 21.3 Å². The summed E-state index contributed by atoms with van der Waals surface area (Å²) in [6.07, 6.45) is 2.28. The number of hydrogen-bond acceptors (Lipinski definition) is 3. The normalized spacial score (nSPS) is 17.6. The number of anilines is 1. The zero-order valence-electron chi connectivity index (χ0n) is 16.4. The van der Waals surface area contributed by atoms with Crippen molar-refractivity contribution in [2.75, 3.05) is 24.4 Å². The van der Waals surface area contributed by atoms with Gasteiger partial charge in [-0.15, -0.1) is 0 Å². The molecule has 4 nitrogen and oxygen atoms in total. The highest BCUT2D eigenvalue weighted by atomic mass is 32.2. The largest absolute Gasteiger partial charge is 0.303 e. The van der Waals surface area contributed by atoms with Crippen molar-refractivity contribution in [1.82, 2.24) is 4.90 Å². The molecule has 0 aliphatic carbocycles. The summed E-state index contributed by atoms with van der Waals surface area (Å²) < 4.78 is 41.8. The molecular formula is C22H27FN2O2S. The van der Waals surface area contributed by atoms with Gasteiger partial charge >= 0.3 is 0 Å². The Bertz CT molecular complexity index is 955. The number of allylic oxidation sites excluding steroid dienone is 1. The summed E-state index contributed by atoms with van der Waals surface area (Å²) in [5, 5.41) is 0. The molecule has 0 amide bonds. The third kappa shape index (κ3) is 4.62. The zero-order chi connectivity index (χ0) is 20.3. The molecule has 6 heteroatoms. The number of hydrogen-bond donors (Lipinski definition) is 1. The molecule has 1 saturated heterocycles. The number of halogens is 1. The monoisotopic (exact) mass is 402 g/mol. The minimum Gasteiger partial charge on any atom is -0.303 e. The molecule has 28 heavy (non-hydrogen) atoms. The maximum Gasteiger partial charge on any atom is 0.261 e. The van der Waals surface area contributed by atoms with E-state index < -0.39 is 15.8 Å². The van der Waals surface area contributed by atoms with Crippen LogP contribution < -0.4 is 4.72 Å². The molecule has 1 heterocycles. The van der Waals surface area contributed by atoms with Crippen molar-refractivity contribution in [2.45, 2.75) is 37.5 Å². The third-order valence-electron chi connectivity index (χ3n) is 5.16.